The summed E-state index contributed by atoms with van der Waals surface area (Å²) in [7, 11) is 0. The number of nitrogens with zero attached hydrogens (tertiary/aromatic N) is 5. The summed E-state index contributed by atoms with van der Waals surface area (Å²) >= 11 is 0. The van der Waals surface area contributed by atoms with Crippen molar-refractivity contribution < 1.29 is 14.4 Å². The molecule has 0 bridgehead atoms. The molecule has 0 radical (unpaired) electrons. The van der Waals surface area contributed by atoms with Crippen LogP contribution in [0.25, 0.3) is 16.6 Å². The van der Waals surface area contributed by atoms with Crippen molar-refractivity contribution in [2.24, 2.45) is 22.1 Å². The van der Waals surface area contributed by atoms with E-state index in [0.29, 0.717) is 29.5 Å². The molecular weight excluding hydrogens is 492 g/mol. The predicted octanol–water partition coefficient (Wildman–Crippen LogP) is 4.99. The predicted molar refractivity (Wildman–Crippen MR) is 148 cm³/mol. The first kappa shape index (κ1) is 24.7. The van der Waals surface area contributed by atoms with Crippen molar-refractivity contribution in [3.63, 3.8) is 0 Å². The number of piperidine rings is 1. The number of amides is 3. The zero-order chi connectivity index (χ0) is 26.9. The number of benzene rings is 2. The molecule has 1 fully saturated rings. The third-order valence-corrected chi connectivity index (χ3v) is 7.59. The Morgan fingerprint density at radius 1 is 1.00 bits per heavy atom. The quantitative estimate of drug-likeness (QED) is 0.511. The molecule has 1 unspecified atom stereocenters. The van der Waals surface area contributed by atoms with Crippen molar-refractivity contribution in [1.82, 2.24) is 14.7 Å². The number of nitrogens with one attached hydrogen (secondary N) is 1. The largest absolute Gasteiger partial charge is 0.343 e. The number of carbonyl (C=O) groups is 3. The number of rotatable bonds is 5. The van der Waals surface area contributed by atoms with E-state index in [1.54, 1.807) is 6.92 Å². The van der Waals surface area contributed by atoms with Crippen LogP contribution in [0.4, 0.5) is 5.69 Å². The van der Waals surface area contributed by atoms with Crippen molar-refractivity contribution in [3.05, 3.63) is 89.7 Å². The summed E-state index contributed by atoms with van der Waals surface area (Å²) in [6.45, 7) is 3.83. The highest BCUT2D eigenvalue weighted by Gasteiger charge is 2.28. The summed E-state index contributed by atoms with van der Waals surface area (Å²) in [5.41, 5.74) is 4.21. The molecule has 1 N–H and O–H groups in total. The Morgan fingerprint density at radius 3 is 2.54 bits per heavy atom. The van der Waals surface area contributed by atoms with Crippen molar-refractivity contribution in [1.29, 1.82) is 0 Å². The molecular formula is C30H28N6O3. The summed E-state index contributed by atoms with van der Waals surface area (Å²) < 4.78 is 1.92. The molecule has 3 aliphatic rings. The lowest BCUT2D eigenvalue weighted by Gasteiger charge is -2.31. The number of likely N-dealkylation sites (tertiary alicyclic amines) is 1. The maximum absolute atomic E-state index is 13.3. The van der Waals surface area contributed by atoms with Gasteiger partial charge in [0.25, 0.3) is 11.8 Å². The molecule has 1 atom stereocenters. The monoisotopic (exact) mass is 520 g/mol. The van der Waals surface area contributed by atoms with Gasteiger partial charge in [-0.05, 0) is 42.5 Å². The lowest BCUT2D eigenvalue weighted by atomic mass is 9.89. The van der Waals surface area contributed by atoms with E-state index in [-0.39, 0.29) is 17.7 Å². The minimum absolute atomic E-state index is 0.118. The normalized spacial score (nSPS) is 19.1. The van der Waals surface area contributed by atoms with Crippen LogP contribution in [0.3, 0.4) is 0 Å². The molecule has 2 aliphatic heterocycles. The summed E-state index contributed by atoms with van der Waals surface area (Å²) in [6, 6.07) is 15.1. The van der Waals surface area contributed by atoms with Crippen molar-refractivity contribution in [3.8, 4) is 0 Å². The van der Waals surface area contributed by atoms with Crippen molar-refractivity contribution >= 4 is 40.0 Å². The van der Waals surface area contributed by atoms with Gasteiger partial charge in [-0.25, -0.2) is 0 Å². The molecule has 0 saturated carbocycles. The molecule has 2 aromatic carbocycles. The Morgan fingerprint density at radius 2 is 1.77 bits per heavy atom. The number of fused-ring (bicyclic) bond motifs is 2. The first-order valence-electron chi connectivity index (χ1n) is 13.2. The third-order valence-electron chi connectivity index (χ3n) is 7.59. The van der Waals surface area contributed by atoms with Gasteiger partial charge in [-0.1, -0.05) is 54.6 Å². The maximum Gasteiger partial charge on any atom is 0.276 e. The number of carbonyl (C=O) groups excluding carboxylic acids is 3. The average molecular weight is 521 g/mol. The number of azo groups is 1. The Hall–Kier alpha value is -4.66. The highest BCUT2D eigenvalue weighted by atomic mass is 16.2. The minimum Gasteiger partial charge on any atom is -0.343 e. The number of allylic oxidation sites excluding steroid dienone is 3. The maximum atomic E-state index is 13.3. The molecule has 3 aromatic rings. The second-order valence-electron chi connectivity index (χ2n) is 10.1. The van der Waals surface area contributed by atoms with Crippen LogP contribution in [0.2, 0.25) is 0 Å². The number of aromatic nitrogens is 2. The van der Waals surface area contributed by atoms with Gasteiger partial charge in [-0.2, -0.15) is 5.10 Å². The lowest BCUT2D eigenvalue weighted by Crippen LogP contribution is -2.38. The van der Waals surface area contributed by atoms with E-state index in [9.17, 15) is 14.4 Å². The first-order valence-corrected chi connectivity index (χ1v) is 13.2. The Balaban J connectivity index is 1.19. The molecule has 6 rings (SSSR count). The SMILES string of the molecule is CC(=O)N1CCC(Cn2nc(C(=O)Nc3ccc(C4=C5C=CC=CC5C(=O)N=N4)cc3)c3ccccc32)CC1. The second kappa shape index (κ2) is 10.2. The third kappa shape index (κ3) is 4.83. The Bertz CT molecular complexity index is 1590. The van der Waals surface area contributed by atoms with Crippen LogP contribution in [0, 0.1) is 11.8 Å². The summed E-state index contributed by atoms with van der Waals surface area (Å²) in [6.07, 6.45) is 9.27. The number of hydrogen-bond acceptors (Lipinski definition) is 5. The van der Waals surface area contributed by atoms with Crippen LogP contribution in [-0.2, 0) is 16.1 Å². The average Bonchev–Trinajstić information content (AvgIpc) is 3.33. The molecule has 9 heteroatoms. The smallest absolute Gasteiger partial charge is 0.276 e. The Labute approximate surface area is 225 Å². The highest BCUT2D eigenvalue weighted by molar-refractivity contribution is 6.11. The molecule has 3 heterocycles. The van der Waals surface area contributed by atoms with Crippen LogP contribution in [0.15, 0.2) is 88.6 Å². The van der Waals surface area contributed by atoms with Gasteiger partial charge >= 0.3 is 0 Å². The standard InChI is InChI=1S/C30H28N6O3/c1-19(37)35-16-14-20(15-17-35)18-36-26-9-5-4-8-25(26)28(34-36)30(39)31-22-12-10-21(11-13-22)27-23-6-2-3-7-24(23)29(38)33-32-27/h2-13,20,24H,14-18H2,1H3,(H,31,39). The van der Waals surface area contributed by atoms with Gasteiger partial charge in [0.15, 0.2) is 5.69 Å². The molecule has 196 valence electrons. The number of hydrogen-bond donors (Lipinski definition) is 1. The van der Waals surface area contributed by atoms with Crippen molar-refractivity contribution in [2.45, 2.75) is 26.3 Å². The van der Waals surface area contributed by atoms with Crippen LogP contribution < -0.4 is 5.32 Å². The zero-order valence-electron chi connectivity index (χ0n) is 21.6. The molecule has 39 heavy (non-hydrogen) atoms. The molecule has 9 nitrogen and oxygen atoms in total. The van der Waals surface area contributed by atoms with E-state index in [1.807, 2.05) is 82.4 Å². The topological polar surface area (TPSA) is 109 Å². The van der Waals surface area contributed by atoms with Gasteiger partial charge in [0.1, 0.15) is 0 Å². The summed E-state index contributed by atoms with van der Waals surface area (Å²) in [4.78, 5) is 39.0. The first-order chi connectivity index (χ1) is 19.0. The fourth-order valence-electron chi connectivity index (χ4n) is 5.44. The van der Waals surface area contributed by atoms with E-state index < -0.39 is 5.92 Å². The highest BCUT2D eigenvalue weighted by Crippen LogP contribution is 2.34. The molecule has 1 saturated heterocycles. The minimum atomic E-state index is -0.410. The van der Waals surface area contributed by atoms with Crippen molar-refractivity contribution in [2.75, 3.05) is 18.4 Å². The van der Waals surface area contributed by atoms with Gasteiger partial charge in [0.05, 0.1) is 17.1 Å². The zero-order valence-corrected chi connectivity index (χ0v) is 21.6. The van der Waals surface area contributed by atoms with E-state index in [4.69, 9.17) is 5.10 Å². The molecule has 1 aliphatic carbocycles. The van der Waals surface area contributed by atoms with Crippen LogP contribution in [0.1, 0.15) is 35.8 Å². The van der Waals surface area contributed by atoms with Gasteiger partial charge in [-0.3, -0.25) is 19.1 Å². The van der Waals surface area contributed by atoms with E-state index in [2.05, 4.69) is 15.5 Å². The molecule has 1 aromatic heterocycles. The van der Waals surface area contributed by atoms with Crippen LogP contribution >= 0.6 is 0 Å². The second-order valence-corrected chi connectivity index (χ2v) is 10.1. The van der Waals surface area contributed by atoms with Crippen LogP contribution in [-0.4, -0.2) is 45.5 Å². The fourth-order valence-corrected chi connectivity index (χ4v) is 5.44. The fraction of sp³-hybridized carbons (Fsp3) is 0.267. The summed E-state index contributed by atoms with van der Waals surface area (Å²) in [5, 5.41) is 16.5. The van der Waals surface area contributed by atoms with Gasteiger partial charge in [0.2, 0.25) is 5.91 Å². The summed E-state index contributed by atoms with van der Waals surface area (Å²) in [5.74, 6) is -0.454. The number of anilines is 1. The molecule has 0 spiro atoms. The van der Waals surface area contributed by atoms with E-state index >= 15 is 0 Å². The van der Waals surface area contributed by atoms with Gasteiger partial charge in [-0.15, -0.1) is 10.2 Å². The molecule has 3 amide bonds. The van der Waals surface area contributed by atoms with Gasteiger partial charge in [0, 0.05) is 43.2 Å². The van der Waals surface area contributed by atoms with Gasteiger partial charge < -0.3 is 10.2 Å². The van der Waals surface area contributed by atoms with E-state index in [0.717, 1.165) is 48.0 Å². The Kier molecular flexibility index (Phi) is 6.48. The van der Waals surface area contributed by atoms with E-state index in [1.165, 1.54) is 0 Å². The number of para-hydroxylation sites is 1. The lowest BCUT2D eigenvalue weighted by molar-refractivity contribution is -0.130. The van der Waals surface area contributed by atoms with Crippen LogP contribution in [0.5, 0.6) is 0 Å².